The van der Waals surface area contributed by atoms with Crippen LogP contribution < -0.4 is 5.56 Å². The maximum atomic E-state index is 13.5. The van der Waals surface area contributed by atoms with Crippen molar-refractivity contribution >= 4 is 10.8 Å². The Balaban J connectivity index is 3.03. The highest BCUT2D eigenvalue weighted by molar-refractivity contribution is 5.85. The van der Waals surface area contributed by atoms with Gasteiger partial charge in [0, 0.05) is 13.2 Å². The Kier molecular flexibility index (Phi) is 2.31. The van der Waals surface area contributed by atoms with Gasteiger partial charge in [-0.15, -0.1) is 0 Å². The number of nitrogens with zero attached hydrogens (tertiary/aromatic N) is 1. The van der Waals surface area contributed by atoms with Crippen LogP contribution in [0.15, 0.2) is 29.2 Å². The highest BCUT2D eigenvalue weighted by atomic mass is 19.1. The molecule has 1 heterocycles. The number of halogens is 1. The van der Waals surface area contributed by atoms with Crippen LogP contribution in [0.2, 0.25) is 0 Å². The predicted molar refractivity (Wildman–Crippen MR) is 58.5 cm³/mol. The zero-order valence-corrected chi connectivity index (χ0v) is 8.75. The molecule has 78 valence electrons. The molecule has 0 saturated carbocycles. The van der Waals surface area contributed by atoms with Crippen LogP contribution in [0.5, 0.6) is 0 Å². The van der Waals surface area contributed by atoms with Crippen molar-refractivity contribution in [1.29, 1.82) is 0 Å². The van der Waals surface area contributed by atoms with Crippen LogP contribution in [0.3, 0.4) is 0 Å². The van der Waals surface area contributed by atoms with Crippen LogP contribution in [-0.2, 0) is 13.5 Å². The van der Waals surface area contributed by atoms with Gasteiger partial charge in [0.1, 0.15) is 5.82 Å². The fourth-order valence-corrected chi connectivity index (χ4v) is 1.83. The minimum Gasteiger partial charge on any atom is -0.318 e. The molecule has 0 aliphatic heterocycles. The third kappa shape index (κ3) is 1.44. The zero-order chi connectivity index (χ0) is 11.0. The van der Waals surface area contributed by atoms with Gasteiger partial charge >= 0.3 is 0 Å². The van der Waals surface area contributed by atoms with Crippen LogP contribution in [0.4, 0.5) is 4.39 Å². The van der Waals surface area contributed by atoms with E-state index in [9.17, 15) is 9.18 Å². The van der Waals surface area contributed by atoms with E-state index in [1.807, 2.05) is 6.92 Å². The normalized spacial score (nSPS) is 10.9. The fraction of sp³-hybridized carbons (Fsp3) is 0.250. The summed E-state index contributed by atoms with van der Waals surface area (Å²) in [5.41, 5.74) is 0.715. The van der Waals surface area contributed by atoms with E-state index in [2.05, 4.69) is 0 Å². The topological polar surface area (TPSA) is 22.0 Å². The van der Waals surface area contributed by atoms with Gasteiger partial charge in [0.15, 0.2) is 0 Å². The van der Waals surface area contributed by atoms with Gasteiger partial charge in [0.2, 0.25) is 0 Å². The molecule has 2 aromatic rings. The summed E-state index contributed by atoms with van der Waals surface area (Å²) in [5, 5.41) is 0.917. The van der Waals surface area contributed by atoms with E-state index in [-0.39, 0.29) is 10.9 Å². The van der Waals surface area contributed by atoms with E-state index in [1.54, 1.807) is 25.4 Å². The molecule has 0 fully saturated rings. The van der Waals surface area contributed by atoms with Crippen molar-refractivity contribution in [3.63, 3.8) is 0 Å². The smallest absolute Gasteiger partial charge is 0.261 e. The Hall–Kier alpha value is -1.64. The first-order valence-corrected chi connectivity index (χ1v) is 4.92. The molecular weight excluding hydrogens is 193 g/mol. The van der Waals surface area contributed by atoms with Crippen molar-refractivity contribution in [1.82, 2.24) is 4.57 Å². The number of fused-ring (bicyclic) bond motifs is 1. The molecule has 1 aromatic heterocycles. The molecule has 0 saturated heterocycles. The van der Waals surface area contributed by atoms with Gasteiger partial charge in [-0.2, -0.15) is 0 Å². The standard InChI is InChI=1S/C12H12FNO/c1-3-8-7-14(2)12(15)11-9(8)5-4-6-10(11)13/h4-7H,3H2,1-2H3. The maximum Gasteiger partial charge on any atom is 0.261 e. The van der Waals surface area contributed by atoms with Gasteiger partial charge in [-0.05, 0) is 23.4 Å². The molecule has 0 radical (unpaired) electrons. The quantitative estimate of drug-likeness (QED) is 0.699. The molecule has 0 amide bonds. The van der Waals surface area contributed by atoms with E-state index >= 15 is 0 Å². The summed E-state index contributed by atoms with van der Waals surface area (Å²) in [7, 11) is 1.65. The molecule has 2 rings (SSSR count). The third-order valence-electron chi connectivity index (χ3n) is 2.62. The SMILES string of the molecule is CCc1cn(C)c(=O)c2c(F)cccc12. The molecule has 0 spiro atoms. The summed E-state index contributed by atoms with van der Waals surface area (Å²) in [4.78, 5) is 11.7. The van der Waals surface area contributed by atoms with Crippen molar-refractivity contribution in [3.8, 4) is 0 Å². The Morgan fingerprint density at radius 1 is 1.40 bits per heavy atom. The highest BCUT2D eigenvalue weighted by Gasteiger charge is 2.09. The van der Waals surface area contributed by atoms with Gasteiger partial charge in [0.25, 0.3) is 5.56 Å². The summed E-state index contributed by atoms with van der Waals surface area (Å²) < 4.78 is 15.0. The van der Waals surface area contributed by atoms with E-state index < -0.39 is 5.82 Å². The van der Waals surface area contributed by atoms with E-state index in [1.165, 1.54) is 10.6 Å². The number of hydrogen-bond acceptors (Lipinski definition) is 1. The molecule has 0 aliphatic carbocycles. The van der Waals surface area contributed by atoms with E-state index in [0.717, 1.165) is 17.4 Å². The molecule has 3 heteroatoms. The van der Waals surface area contributed by atoms with Crippen molar-refractivity contribution in [2.75, 3.05) is 0 Å². The average Bonchev–Trinajstić information content (AvgIpc) is 2.23. The molecule has 0 N–H and O–H groups in total. The summed E-state index contributed by atoms with van der Waals surface area (Å²) in [6.45, 7) is 1.99. The lowest BCUT2D eigenvalue weighted by Crippen LogP contribution is -2.18. The number of hydrogen-bond donors (Lipinski definition) is 0. The van der Waals surface area contributed by atoms with Gasteiger partial charge in [-0.1, -0.05) is 19.1 Å². The average molecular weight is 205 g/mol. The van der Waals surface area contributed by atoms with Gasteiger partial charge in [0.05, 0.1) is 5.39 Å². The number of aromatic nitrogens is 1. The van der Waals surface area contributed by atoms with Gasteiger partial charge in [-0.3, -0.25) is 4.79 Å². The van der Waals surface area contributed by atoms with Crippen LogP contribution in [0, 0.1) is 5.82 Å². The van der Waals surface area contributed by atoms with Crippen molar-refractivity contribution in [2.45, 2.75) is 13.3 Å². The largest absolute Gasteiger partial charge is 0.318 e. The summed E-state index contributed by atoms with van der Waals surface area (Å²) in [5.74, 6) is -0.441. The Labute approximate surface area is 87.0 Å². The lowest BCUT2D eigenvalue weighted by molar-refractivity contribution is 0.636. The molecule has 0 atom stereocenters. The second kappa shape index (κ2) is 3.50. The van der Waals surface area contributed by atoms with Gasteiger partial charge in [-0.25, -0.2) is 4.39 Å². The first-order valence-electron chi connectivity index (χ1n) is 4.92. The number of benzene rings is 1. The van der Waals surface area contributed by atoms with Crippen LogP contribution in [0.25, 0.3) is 10.8 Å². The second-order valence-corrected chi connectivity index (χ2v) is 3.59. The first kappa shape index (κ1) is 9.90. The minimum absolute atomic E-state index is 0.194. The summed E-state index contributed by atoms with van der Waals surface area (Å²) in [6, 6.07) is 4.75. The maximum absolute atomic E-state index is 13.5. The monoisotopic (exact) mass is 205 g/mol. The van der Waals surface area contributed by atoms with Crippen LogP contribution >= 0.6 is 0 Å². The Bertz CT molecular complexity index is 572. The van der Waals surface area contributed by atoms with E-state index in [4.69, 9.17) is 0 Å². The van der Waals surface area contributed by atoms with Crippen LogP contribution in [-0.4, -0.2) is 4.57 Å². The third-order valence-corrected chi connectivity index (χ3v) is 2.62. The molecular formula is C12H12FNO. The minimum atomic E-state index is -0.441. The van der Waals surface area contributed by atoms with Crippen molar-refractivity contribution < 1.29 is 4.39 Å². The lowest BCUT2D eigenvalue weighted by atomic mass is 10.1. The van der Waals surface area contributed by atoms with Gasteiger partial charge < -0.3 is 4.57 Å². The van der Waals surface area contributed by atoms with Crippen LogP contribution in [0.1, 0.15) is 12.5 Å². The molecule has 0 unspecified atom stereocenters. The number of aryl methyl sites for hydroxylation is 2. The van der Waals surface area contributed by atoms with E-state index in [0.29, 0.717) is 0 Å². The summed E-state index contributed by atoms with van der Waals surface area (Å²) in [6.07, 6.45) is 2.55. The molecule has 1 aromatic carbocycles. The molecule has 2 nitrogen and oxygen atoms in total. The molecule has 0 bridgehead atoms. The van der Waals surface area contributed by atoms with Crippen molar-refractivity contribution in [2.24, 2.45) is 7.05 Å². The fourth-order valence-electron chi connectivity index (χ4n) is 1.83. The highest BCUT2D eigenvalue weighted by Crippen LogP contribution is 2.18. The molecule has 15 heavy (non-hydrogen) atoms. The summed E-state index contributed by atoms with van der Waals surface area (Å²) >= 11 is 0. The number of pyridine rings is 1. The molecule has 0 aliphatic rings. The van der Waals surface area contributed by atoms with Crippen molar-refractivity contribution in [3.05, 3.63) is 46.1 Å². The predicted octanol–water partition coefficient (Wildman–Crippen LogP) is 2.24. The zero-order valence-electron chi connectivity index (χ0n) is 8.75. The second-order valence-electron chi connectivity index (χ2n) is 3.59. The Morgan fingerprint density at radius 3 is 2.80 bits per heavy atom. The first-order chi connectivity index (χ1) is 7.15. The number of rotatable bonds is 1. The lowest BCUT2D eigenvalue weighted by Gasteiger charge is -2.07. The Morgan fingerprint density at radius 2 is 2.13 bits per heavy atom.